The molecular formula is C24H17N5O5S2. The maximum Gasteiger partial charge on any atom is 0.270 e. The van der Waals surface area contributed by atoms with E-state index in [9.17, 15) is 19.7 Å². The number of anilines is 1. The Morgan fingerprint density at radius 2 is 1.94 bits per heavy atom. The molecule has 0 radical (unpaired) electrons. The first-order valence-corrected chi connectivity index (χ1v) is 12.4. The zero-order valence-corrected chi connectivity index (χ0v) is 20.3. The van der Waals surface area contributed by atoms with Gasteiger partial charge in [-0.3, -0.25) is 24.3 Å². The van der Waals surface area contributed by atoms with E-state index < -0.39 is 4.92 Å². The largest absolute Gasteiger partial charge is 0.497 e. The van der Waals surface area contributed by atoms with Crippen molar-refractivity contribution >= 4 is 60.9 Å². The van der Waals surface area contributed by atoms with Gasteiger partial charge in [-0.2, -0.15) is 0 Å². The predicted octanol–water partition coefficient (Wildman–Crippen LogP) is 4.64. The van der Waals surface area contributed by atoms with Gasteiger partial charge in [-0.25, -0.2) is 9.97 Å². The van der Waals surface area contributed by atoms with Crippen LogP contribution in [0.5, 0.6) is 5.75 Å². The number of hydrogen-bond acceptors (Lipinski definition) is 9. The van der Waals surface area contributed by atoms with Gasteiger partial charge in [-0.15, -0.1) is 0 Å². The van der Waals surface area contributed by atoms with Crippen LogP contribution in [0.15, 0.2) is 76.7 Å². The van der Waals surface area contributed by atoms with Crippen molar-refractivity contribution in [2.24, 2.45) is 0 Å². The lowest BCUT2D eigenvalue weighted by atomic mass is 10.2. The average molecular weight is 520 g/mol. The van der Waals surface area contributed by atoms with Crippen LogP contribution in [0.1, 0.15) is 0 Å². The molecule has 0 unspecified atom stereocenters. The van der Waals surface area contributed by atoms with Crippen molar-refractivity contribution < 1.29 is 14.5 Å². The van der Waals surface area contributed by atoms with Crippen LogP contribution in [0.2, 0.25) is 0 Å². The second kappa shape index (κ2) is 9.76. The molecule has 36 heavy (non-hydrogen) atoms. The van der Waals surface area contributed by atoms with Gasteiger partial charge in [0.25, 0.3) is 11.2 Å². The van der Waals surface area contributed by atoms with Crippen molar-refractivity contribution in [1.82, 2.24) is 14.5 Å². The summed E-state index contributed by atoms with van der Waals surface area (Å²) in [6.07, 6.45) is 0. The van der Waals surface area contributed by atoms with E-state index in [0.717, 1.165) is 23.1 Å². The van der Waals surface area contributed by atoms with Gasteiger partial charge in [0.1, 0.15) is 5.75 Å². The molecule has 0 aliphatic rings. The number of methoxy groups -OCH3 is 1. The number of benzene rings is 3. The number of nitrogens with zero attached hydrogens (tertiary/aromatic N) is 4. The van der Waals surface area contributed by atoms with Gasteiger partial charge in [0.15, 0.2) is 10.3 Å². The quantitative estimate of drug-likeness (QED) is 0.142. The van der Waals surface area contributed by atoms with Crippen molar-refractivity contribution in [3.8, 4) is 11.4 Å². The summed E-state index contributed by atoms with van der Waals surface area (Å²) in [4.78, 5) is 45.6. The van der Waals surface area contributed by atoms with E-state index in [4.69, 9.17) is 4.74 Å². The van der Waals surface area contributed by atoms with Crippen molar-refractivity contribution in [3.05, 3.63) is 87.2 Å². The smallest absolute Gasteiger partial charge is 0.270 e. The SMILES string of the molecule is COc1cccc(-n2c(SCC(=O)Nc3nc4ccc([N+](=O)[O-])cc4s3)nc3ccccc3c2=O)c1. The minimum atomic E-state index is -0.480. The molecule has 180 valence electrons. The Labute approximate surface area is 211 Å². The van der Waals surface area contributed by atoms with Gasteiger partial charge in [0.2, 0.25) is 5.91 Å². The number of rotatable bonds is 7. The Hall–Kier alpha value is -4.29. The second-order valence-electron chi connectivity index (χ2n) is 7.52. The second-order valence-corrected chi connectivity index (χ2v) is 9.49. The maximum absolute atomic E-state index is 13.4. The van der Waals surface area contributed by atoms with Crippen LogP contribution in [-0.2, 0) is 4.79 Å². The standard InChI is InChI=1S/C24H17N5O5S2/c1-34-16-6-4-5-14(11-16)28-22(31)17-7-2-3-8-18(17)26-24(28)35-13-21(30)27-23-25-19-10-9-15(29(32)33)12-20(19)36-23/h2-12H,13H2,1H3,(H,25,27,30). The monoisotopic (exact) mass is 519 g/mol. The highest BCUT2D eigenvalue weighted by molar-refractivity contribution is 7.99. The Kier molecular flexibility index (Phi) is 6.36. The van der Waals surface area contributed by atoms with E-state index in [1.807, 2.05) is 0 Å². The van der Waals surface area contributed by atoms with E-state index in [1.54, 1.807) is 61.7 Å². The predicted molar refractivity (Wildman–Crippen MR) is 140 cm³/mol. The van der Waals surface area contributed by atoms with Crippen molar-refractivity contribution in [1.29, 1.82) is 0 Å². The Morgan fingerprint density at radius 1 is 1.11 bits per heavy atom. The maximum atomic E-state index is 13.4. The summed E-state index contributed by atoms with van der Waals surface area (Å²) in [5, 5.41) is 14.9. The number of carbonyl (C=O) groups is 1. The molecule has 10 nitrogen and oxygen atoms in total. The molecule has 0 saturated carbocycles. The molecule has 0 aliphatic carbocycles. The molecule has 2 aromatic heterocycles. The number of thioether (sulfide) groups is 1. The van der Waals surface area contributed by atoms with E-state index in [1.165, 1.54) is 16.7 Å². The Morgan fingerprint density at radius 3 is 2.75 bits per heavy atom. The van der Waals surface area contributed by atoms with Gasteiger partial charge in [0, 0.05) is 18.2 Å². The van der Waals surface area contributed by atoms with Gasteiger partial charge < -0.3 is 10.1 Å². The number of thiazole rings is 1. The first-order chi connectivity index (χ1) is 17.4. The van der Waals surface area contributed by atoms with E-state index in [2.05, 4.69) is 15.3 Å². The number of aromatic nitrogens is 3. The third-order valence-corrected chi connectivity index (χ3v) is 7.09. The van der Waals surface area contributed by atoms with Crippen LogP contribution in [0, 0.1) is 10.1 Å². The molecule has 0 bridgehead atoms. The number of nitro groups is 1. The molecule has 12 heteroatoms. The highest BCUT2D eigenvalue weighted by Gasteiger charge is 2.17. The van der Waals surface area contributed by atoms with Gasteiger partial charge in [-0.1, -0.05) is 41.3 Å². The summed E-state index contributed by atoms with van der Waals surface area (Å²) in [5.41, 5.74) is 1.34. The molecule has 0 spiro atoms. The number of amides is 1. The van der Waals surface area contributed by atoms with Crippen LogP contribution in [0.25, 0.3) is 26.8 Å². The lowest BCUT2D eigenvalue weighted by Gasteiger charge is -2.14. The fourth-order valence-corrected chi connectivity index (χ4v) is 5.28. The number of carbonyl (C=O) groups excluding carboxylic acids is 1. The molecule has 0 atom stereocenters. The first kappa shape index (κ1) is 23.5. The summed E-state index contributed by atoms with van der Waals surface area (Å²) in [7, 11) is 1.54. The van der Waals surface area contributed by atoms with Gasteiger partial charge in [0.05, 0.1) is 44.6 Å². The molecular weight excluding hydrogens is 502 g/mol. The fraction of sp³-hybridized carbons (Fsp3) is 0.0833. The number of para-hydroxylation sites is 1. The number of non-ortho nitro benzene ring substituents is 1. The summed E-state index contributed by atoms with van der Waals surface area (Å²) in [6, 6.07) is 18.4. The number of fused-ring (bicyclic) bond motifs is 2. The van der Waals surface area contributed by atoms with E-state index in [0.29, 0.717) is 42.8 Å². The zero-order chi connectivity index (χ0) is 25.2. The van der Waals surface area contributed by atoms with Crippen molar-refractivity contribution in [2.45, 2.75) is 5.16 Å². The van der Waals surface area contributed by atoms with Crippen LogP contribution >= 0.6 is 23.1 Å². The van der Waals surface area contributed by atoms with Crippen molar-refractivity contribution in [3.63, 3.8) is 0 Å². The summed E-state index contributed by atoms with van der Waals surface area (Å²) >= 11 is 2.26. The lowest BCUT2D eigenvalue weighted by Crippen LogP contribution is -2.23. The first-order valence-electron chi connectivity index (χ1n) is 10.6. The van der Waals surface area contributed by atoms with Gasteiger partial charge >= 0.3 is 0 Å². The normalized spacial score (nSPS) is 11.0. The topological polar surface area (TPSA) is 129 Å². The zero-order valence-electron chi connectivity index (χ0n) is 18.7. The molecule has 5 aromatic rings. The van der Waals surface area contributed by atoms with Crippen LogP contribution in [0.3, 0.4) is 0 Å². The molecule has 2 heterocycles. The molecule has 0 fully saturated rings. The molecule has 1 N–H and O–H groups in total. The van der Waals surface area contributed by atoms with Crippen LogP contribution in [-0.4, -0.2) is 38.2 Å². The molecule has 0 saturated heterocycles. The third-order valence-electron chi connectivity index (χ3n) is 5.22. The summed E-state index contributed by atoms with van der Waals surface area (Å²) in [6.45, 7) is 0. The minimum Gasteiger partial charge on any atom is -0.497 e. The van der Waals surface area contributed by atoms with Crippen LogP contribution in [0.4, 0.5) is 10.8 Å². The van der Waals surface area contributed by atoms with E-state index >= 15 is 0 Å². The Balaban J connectivity index is 1.42. The number of nitrogens with one attached hydrogen (secondary N) is 1. The average Bonchev–Trinajstić information content (AvgIpc) is 3.29. The third kappa shape index (κ3) is 4.63. The lowest BCUT2D eigenvalue weighted by molar-refractivity contribution is -0.384. The highest BCUT2D eigenvalue weighted by atomic mass is 32.2. The highest BCUT2D eigenvalue weighted by Crippen LogP contribution is 2.30. The summed E-state index contributed by atoms with van der Waals surface area (Å²) in [5.74, 6) is 0.190. The van der Waals surface area contributed by atoms with E-state index in [-0.39, 0.29) is 22.9 Å². The minimum absolute atomic E-state index is 0.0369. The Bertz CT molecular complexity index is 1700. The molecule has 0 aliphatic heterocycles. The molecule has 1 amide bonds. The van der Waals surface area contributed by atoms with Gasteiger partial charge in [-0.05, 0) is 30.3 Å². The number of hydrogen-bond donors (Lipinski definition) is 1. The molecule has 3 aromatic carbocycles. The molecule has 5 rings (SSSR count). The fourth-order valence-electron chi connectivity index (χ4n) is 3.55. The number of ether oxygens (including phenoxy) is 1. The number of nitro benzene ring substituents is 1. The van der Waals surface area contributed by atoms with Crippen LogP contribution < -0.4 is 15.6 Å². The summed E-state index contributed by atoms with van der Waals surface area (Å²) < 4.78 is 7.35. The van der Waals surface area contributed by atoms with Crippen molar-refractivity contribution in [2.75, 3.05) is 18.2 Å².